The number of amides is 1. The summed E-state index contributed by atoms with van der Waals surface area (Å²) in [6.07, 6.45) is 12.7. The van der Waals surface area contributed by atoms with Gasteiger partial charge in [-0.25, -0.2) is 9.97 Å². The Morgan fingerprint density at radius 2 is 2.11 bits per heavy atom. The van der Waals surface area contributed by atoms with Gasteiger partial charge in [0.1, 0.15) is 5.75 Å². The van der Waals surface area contributed by atoms with Crippen molar-refractivity contribution in [1.82, 2.24) is 14.9 Å². The minimum Gasteiger partial charge on any atom is -0.490 e. The van der Waals surface area contributed by atoms with E-state index in [1.165, 1.54) is 25.7 Å². The van der Waals surface area contributed by atoms with Crippen LogP contribution < -0.4 is 10.1 Å². The van der Waals surface area contributed by atoms with Crippen LogP contribution in [-0.2, 0) is 4.79 Å². The minimum absolute atomic E-state index is 0.211. The summed E-state index contributed by atoms with van der Waals surface area (Å²) in [5, 5.41) is 3.66. The third-order valence-electron chi connectivity index (χ3n) is 5.23. The molecule has 0 unspecified atom stereocenters. The molecule has 27 heavy (non-hydrogen) atoms. The summed E-state index contributed by atoms with van der Waals surface area (Å²) in [5.41, 5.74) is 0.772. The molecular weight excluding hydrogens is 340 g/mol. The second kappa shape index (κ2) is 8.05. The molecule has 0 atom stereocenters. The van der Waals surface area contributed by atoms with Crippen molar-refractivity contribution in [3.05, 3.63) is 36.5 Å². The van der Waals surface area contributed by atoms with Gasteiger partial charge in [-0.05, 0) is 57.7 Å². The zero-order valence-corrected chi connectivity index (χ0v) is 15.7. The van der Waals surface area contributed by atoms with Gasteiger partial charge in [0.25, 0.3) is 0 Å². The highest BCUT2D eigenvalue weighted by Crippen LogP contribution is 2.26. The molecule has 1 amide bonds. The van der Waals surface area contributed by atoms with Crippen molar-refractivity contribution in [3.8, 4) is 5.75 Å². The number of hydrogen-bond acceptors (Lipinski definition) is 5. The zero-order chi connectivity index (χ0) is 18.6. The average Bonchev–Trinajstić information content (AvgIpc) is 3.39. The van der Waals surface area contributed by atoms with E-state index >= 15 is 0 Å². The number of ether oxygens (including phenoxy) is 1. The van der Waals surface area contributed by atoms with E-state index in [0.29, 0.717) is 18.1 Å². The van der Waals surface area contributed by atoms with E-state index in [4.69, 9.17) is 4.74 Å². The number of fused-ring (bicyclic) bond motifs is 1. The molecule has 2 aromatic rings. The predicted molar refractivity (Wildman–Crippen MR) is 106 cm³/mol. The molecule has 1 aromatic heterocycles. The maximum Gasteiger partial charge on any atom is 0.250 e. The summed E-state index contributed by atoms with van der Waals surface area (Å²) in [6, 6.07) is 6.52. The van der Waals surface area contributed by atoms with Crippen LogP contribution >= 0.6 is 0 Å². The first-order chi connectivity index (χ1) is 13.2. The highest BCUT2D eigenvalue weighted by atomic mass is 16.5. The molecule has 0 saturated heterocycles. The second-order valence-corrected chi connectivity index (χ2v) is 7.50. The van der Waals surface area contributed by atoms with Crippen LogP contribution in [0.15, 0.2) is 36.5 Å². The lowest BCUT2D eigenvalue weighted by atomic mass is 10.2. The summed E-state index contributed by atoms with van der Waals surface area (Å²) in [6.45, 7) is 0.776. The monoisotopic (exact) mass is 366 g/mol. The van der Waals surface area contributed by atoms with Crippen LogP contribution in [0.4, 0.5) is 5.95 Å². The Morgan fingerprint density at radius 3 is 2.89 bits per heavy atom. The molecule has 6 heteroatoms. The van der Waals surface area contributed by atoms with Gasteiger partial charge in [-0.1, -0.05) is 6.08 Å². The molecule has 2 fully saturated rings. The first-order valence-electron chi connectivity index (χ1n) is 9.78. The van der Waals surface area contributed by atoms with E-state index in [0.717, 1.165) is 36.0 Å². The summed E-state index contributed by atoms with van der Waals surface area (Å²) < 4.78 is 6.04. The number of benzene rings is 1. The molecule has 1 heterocycles. The molecule has 0 radical (unpaired) electrons. The van der Waals surface area contributed by atoms with E-state index in [9.17, 15) is 4.79 Å². The number of carbonyl (C=O) groups is 1. The van der Waals surface area contributed by atoms with Crippen LogP contribution in [0.1, 0.15) is 38.5 Å². The molecule has 1 N–H and O–H groups in total. The molecule has 2 aliphatic rings. The van der Waals surface area contributed by atoms with Gasteiger partial charge in [-0.2, -0.15) is 0 Å². The fourth-order valence-electron chi connectivity index (χ4n) is 3.48. The number of anilines is 1. The lowest BCUT2D eigenvalue weighted by Crippen LogP contribution is -2.21. The van der Waals surface area contributed by atoms with Gasteiger partial charge in [-0.3, -0.25) is 15.0 Å². The molecule has 0 spiro atoms. The van der Waals surface area contributed by atoms with Crippen molar-refractivity contribution in [3.63, 3.8) is 0 Å². The highest BCUT2D eigenvalue weighted by Gasteiger charge is 2.24. The van der Waals surface area contributed by atoms with Crippen molar-refractivity contribution >= 4 is 22.8 Å². The number of carbonyl (C=O) groups excluding carboxylic acids is 1. The number of rotatable bonds is 7. The molecule has 2 saturated carbocycles. The van der Waals surface area contributed by atoms with Gasteiger partial charge in [0.05, 0.1) is 11.6 Å². The maximum absolute atomic E-state index is 12.1. The second-order valence-electron chi connectivity index (χ2n) is 7.50. The van der Waals surface area contributed by atoms with Crippen LogP contribution in [0.25, 0.3) is 10.9 Å². The Bertz CT molecular complexity index is 841. The van der Waals surface area contributed by atoms with Gasteiger partial charge >= 0.3 is 0 Å². The van der Waals surface area contributed by atoms with E-state index in [1.807, 2.05) is 24.3 Å². The van der Waals surface area contributed by atoms with E-state index in [1.54, 1.807) is 12.3 Å². The molecule has 1 aromatic carbocycles. The van der Waals surface area contributed by atoms with Crippen molar-refractivity contribution < 1.29 is 9.53 Å². The predicted octanol–water partition coefficient (Wildman–Crippen LogP) is 3.54. The van der Waals surface area contributed by atoms with Crippen LogP contribution in [-0.4, -0.2) is 46.5 Å². The first kappa shape index (κ1) is 17.9. The summed E-state index contributed by atoms with van der Waals surface area (Å²) in [7, 11) is 2.08. The van der Waals surface area contributed by atoms with Gasteiger partial charge in [0.15, 0.2) is 0 Å². The molecule has 6 nitrogen and oxygen atoms in total. The first-order valence-corrected chi connectivity index (χ1v) is 9.78. The smallest absolute Gasteiger partial charge is 0.250 e. The van der Waals surface area contributed by atoms with E-state index in [2.05, 4.69) is 27.2 Å². The van der Waals surface area contributed by atoms with E-state index in [-0.39, 0.29) is 5.91 Å². The van der Waals surface area contributed by atoms with Crippen molar-refractivity contribution in [1.29, 1.82) is 0 Å². The largest absolute Gasteiger partial charge is 0.490 e. The molecule has 0 bridgehead atoms. The third kappa shape index (κ3) is 4.83. The highest BCUT2D eigenvalue weighted by molar-refractivity contribution is 5.98. The van der Waals surface area contributed by atoms with Crippen molar-refractivity contribution in [2.75, 3.05) is 18.9 Å². The fourth-order valence-corrected chi connectivity index (χ4v) is 3.48. The number of nitrogens with one attached hydrogen (secondary N) is 1. The molecule has 142 valence electrons. The van der Waals surface area contributed by atoms with Crippen LogP contribution in [0.3, 0.4) is 0 Å². The number of likely N-dealkylation sites (N-methyl/N-ethyl adjacent to an activating group) is 1. The minimum atomic E-state index is -0.211. The number of nitrogens with zero attached hydrogens (tertiary/aromatic N) is 3. The topological polar surface area (TPSA) is 67.4 Å². The molecular formula is C21H26N4O2. The van der Waals surface area contributed by atoms with Gasteiger partial charge < -0.3 is 4.74 Å². The van der Waals surface area contributed by atoms with Crippen molar-refractivity contribution in [2.24, 2.45) is 0 Å². The Morgan fingerprint density at radius 1 is 1.30 bits per heavy atom. The van der Waals surface area contributed by atoms with Gasteiger partial charge in [-0.15, -0.1) is 0 Å². The van der Waals surface area contributed by atoms with Crippen LogP contribution in [0, 0.1) is 0 Å². The Balaban J connectivity index is 1.38. The van der Waals surface area contributed by atoms with E-state index < -0.39 is 0 Å². The average molecular weight is 366 g/mol. The summed E-state index contributed by atoms with van der Waals surface area (Å²) in [4.78, 5) is 23.0. The molecule has 2 aliphatic carbocycles. The fraction of sp³-hybridized carbons (Fsp3) is 0.476. The molecule has 0 aliphatic heterocycles. The van der Waals surface area contributed by atoms with Crippen LogP contribution in [0.2, 0.25) is 0 Å². The Hall–Kier alpha value is -2.47. The quantitative estimate of drug-likeness (QED) is 0.759. The zero-order valence-electron chi connectivity index (χ0n) is 15.7. The number of aromatic nitrogens is 2. The standard InChI is InChI=1S/C21H26N4O2/c1-25(16-9-10-16)12-4-7-20(26)24-21-22-14-15-8-11-18(13-19(15)23-21)27-17-5-2-3-6-17/h4,7-8,11,13-14,16-17H,2-3,5-6,9-10,12H2,1H3,(H,22,23,24,26). The van der Waals surface area contributed by atoms with Crippen molar-refractivity contribution in [2.45, 2.75) is 50.7 Å². The number of hydrogen-bond donors (Lipinski definition) is 1. The van der Waals surface area contributed by atoms with Gasteiger partial charge in [0, 0.05) is 36.3 Å². The SMILES string of the molecule is CN(CC=CC(=O)Nc1ncc2ccc(OC3CCCC3)cc2n1)C1CC1. The third-order valence-corrected chi connectivity index (χ3v) is 5.23. The Kier molecular flexibility index (Phi) is 5.34. The Labute approximate surface area is 159 Å². The summed E-state index contributed by atoms with van der Waals surface area (Å²) >= 11 is 0. The normalized spacial score (nSPS) is 17.9. The maximum atomic E-state index is 12.1. The summed E-state index contributed by atoms with van der Waals surface area (Å²) in [5.74, 6) is 0.927. The molecule has 4 rings (SSSR count). The lowest BCUT2D eigenvalue weighted by Gasteiger charge is -2.13. The van der Waals surface area contributed by atoms with Gasteiger partial charge in [0.2, 0.25) is 11.9 Å². The lowest BCUT2D eigenvalue weighted by molar-refractivity contribution is -0.112. The van der Waals surface area contributed by atoms with Crippen LogP contribution in [0.5, 0.6) is 5.75 Å².